The predicted molar refractivity (Wildman–Crippen MR) is 74.4 cm³/mol. The van der Waals surface area contributed by atoms with Crippen molar-refractivity contribution >= 4 is 11.3 Å². The second-order valence-electron chi connectivity index (χ2n) is 3.95. The predicted octanol–water partition coefficient (Wildman–Crippen LogP) is 3.35. The highest BCUT2D eigenvalue weighted by atomic mass is 32.1. The summed E-state index contributed by atoms with van der Waals surface area (Å²) in [7, 11) is 0. The third kappa shape index (κ3) is 3.65. The van der Waals surface area contributed by atoms with Crippen molar-refractivity contribution in [3.63, 3.8) is 0 Å². The molecular weight excluding hydrogens is 228 g/mol. The number of nitrogens with zero attached hydrogens (tertiary/aromatic N) is 1. The minimum Gasteiger partial charge on any atom is -0.317 e. The van der Waals surface area contributed by atoms with Crippen LogP contribution in [0.1, 0.15) is 18.4 Å². The molecule has 0 spiro atoms. The van der Waals surface area contributed by atoms with Crippen molar-refractivity contribution in [1.82, 2.24) is 10.3 Å². The van der Waals surface area contributed by atoms with Gasteiger partial charge in [-0.15, -0.1) is 11.3 Å². The van der Waals surface area contributed by atoms with Crippen molar-refractivity contribution in [3.8, 4) is 11.3 Å². The second-order valence-corrected chi connectivity index (χ2v) is 4.89. The van der Waals surface area contributed by atoms with E-state index in [1.165, 1.54) is 10.6 Å². The zero-order chi connectivity index (χ0) is 11.9. The molecule has 0 saturated carbocycles. The molecule has 0 unspecified atom stereocenters. The molecule has 0 aliphatic rings. The fourth-order valence-electron chi connectivity index (χ4n) is 1.71. The van der Waals surface area contributed by atoms with Gasteiger partial charge in [-0.2, -0.15) is 0 Å². The van der Waals surface area contributed by atoms with E-state index in [0.717, 1.165) is 31.6 Å². The molecule has 90 valence electrons. The quantitative estimate of drug-likeness (QED) is 0.791. The molecule has 0 radical (unpaired) electrons. The number of aromatic nitrogens is 1. The van der Waals surface area contributed by atoms with Crippen LogP contribution in [0.3, 0.4) is 0 Å². The molecule has 0 aliphatic carbocycles. The van der Waals surface area contributed by atoms with E-state index in [0.29, 0.717) is 0 Å². The van der Waals surface area contributed by atoms with E-state index in [4.69, 9.17) is 0 Å². The van der Waals surface area contributed by atoms with E-state index in [2.05, 4.69) is 46.9 Å². The van der Waals surface area contributed by atoms with Crippen molar-refractivity contribution < 1.29 is 0 Å². The van der Waals surface area contributed by atoms with Gasteiger partial charge in [0.05, 0.1) is 10.7 Å². The fraction of sp³-hybridized carbons (Fsp3) is 0.357. The van der Waals surface area contributed by atoms with Crippen molar-refractivity contribution in [1.29, 1.82) is 0 Å². The number of hydrogen-bond acceptors (Lipinski definition) is 3. The minimum absolute atomic E-state index is 1.05. The summed E-state index contributed by atoms with van der Waals surface area (Å²) in [5.41, 5.74) is 2.32. The SMILES string of the molecule is CCNCCCc1nc(-c2ccccc2)cs1. The molecule has 1 aromatic heterocycles. The maximum atomic E-state index is 4.67. The molecule has 3 heteroatoms. The van der Waals surface area contributed by atoms with Gasteiger partial charge >= 0.3 is 0 Å². The summed E-state index contributed by atoms with van der Waals surface area (Å²) in [4.78, 5) is 4.67. The van der Waals surface area contributed by atoms with Crippen molar-refractivity contribution in [2.75, 3.05) is 13.1 Å². The first-order valence-corrected chi connectivity index (χ1v) is 6.98. The monoisotopic (exact) mass is 246 g/mol. The Morgan fingerprint density at radius 1 is 1.24 bits per heavy atom. The third-order valence-electron chi connectivity index (χ3n) is 2.62. The van der Waals surface area contributed by atoms with E-state index in [-0.39, 0.29) is 0 Å². The van der Waals surface area contributed by atoms with E-state index < -0.39 is 0 Å². The van der Waals surface area contributed by atoms with Gasteiger partial charge in [0, 0.05) is 17.4 Å². The number of hydrogen-bond donors (Lipinski definition) is 1. The van der Waals surface area contributed by atoms with Gasteiger partial charge in [-0.25, -0.2) is 4.98 Å². The molecule has 0 atom stereocenters. The molecule has 1 aromatic carbocycles. The topological polar surface area (TPSA) is 24.9 Å². The molecular formula is C14H18N2S. The standard InChI is InChI=1S/C14H18N2S/c1-2-15-10-6-9-14-16-13(11-17-14)12-7-4-3-5-8-12/h3-5,7-8,11,15H,2,6,9-10H2,1H3. The van der Waals surface area contributed by atoms with Gasteiger partial charge in [-0.3, -0.25) is 0 Å². The molecule has 17 heavy (non-hydrogen) atoms. The first kappa shape index (κ1) is 12.3. The summed E-state index contributed by atoms with van der Waals surface area (Å²) in [5.74, 6) is 0. The molecule has 2 aromatic rings. The van der Waals surface area contributed by atoms with Gasteiger partial charge in [0.2, 0.25) is 0 Å². The number of rotatable bonds is 6. The Hall–Kier alpha value is -1.19. The minimum atomic E-state index is 1.05. The Morgan fingerprint density at radius 3 is 2.82 bits per heavy atom. The Balaban J connectivity index is 1.92. The highest BCUT2D eigenvalue weighted by Gasteiger charge is 2.03. The van der Waals surface area contributed by atoms with Crippen molar-refractivity contribution in [3.05, 3.63) is 40.7 Å². The third-order valence-corrected chi connectivity index (χ3v) is 3.52. The average Bonchev–Trinajstić information content (AvgIpc) is 2.85. The largest absolute Gasteiger partial charge is 0.317 e. The first-order chi connectivity index (χ1) is 8.40. The van der Waals surface area contributed by atoms with Crippen LogP contribution < -0.4 is 5.32 Å². The molecule has 1 N–H and O–H groups in total. The summed E-state index contributed by atoms with van der Waals surface area (Å²) in [6.07, 6.45) is 2.24. The lowest BCUT2D eigenvalue weighted by Gasteiger charge is -1.98. The number of thiazole rings is 1. The second kappa shape index (κ2) is 6.52. The molecule has 2 nitrogen and oxygen atoms in total. The highest BCUT2D eigenvalue weighted by Crippen LogP contribution is 2.21. The zero-order valence-corrected chi connectivity index (χ0v) is 11.0. The smallest absolute Gasteiger partial charge is 0.0933 e. The summed E-state index contributed by atoms with van der Waals surface area (Å²) in [5, 5.41) is 6.72. The maximum absolute atomic E-state index is 4.67. The van der Waals surface area contributed by atoms with Crippen LogP contribution in [-0.4, -0.2) is 18.1 Å². The fourth-order valence-corrected chi connectivity index (χ4v) is 2.56. The van der Waals surface area contributed by atoms with Crippen molar-refractivity contribution in [2.45, 2.75) is 19.8 Å². The Labute approximate surface area is 107 Å². The highest BCUT2D eigenvalue weighted by molar-refractivity contribution is 7.09. The summed E-state index contributed by atoms with van der Waals surface area (Å²) < 4.78 is 0. The van der Waals surface area contributed by atoms with Gasteiger partial charge in [0.15, 0.2) is 0 Å². The molecule has 0 saturated heterocycles. The van der Waals surface area contributed by atoms with E-state index in [1.807, 2.05) is 6.07 Å². The van der Waals surface area contributed by atoms with Gasteiger partial charge in [0.25, 0.3) is 0 Å². The van der Waals surface area contributed by atoms with Gasteiger partial charge < -0.3 is 5.32 Å². The number of nitrogens with one attached hydrogen (secondary N) is 1. The van der Waals surface area contributed by atoms with Crippen LogP contribution in [0, 0.1) is 0 Å². The number of benzene rings is 1. The summed E-state index contributed by atoms with van der Waals surface area (Å²) in [6.45, 7) is 4.26. The summed E-state index contributed by atoms with van der Waals surface area (Å²) in [6, 6.07) is 10.4. The molecule has 2 rings (SSSR count). The van der Waals surface area contributed by atoms with Crippen LogP contribution in [0.2, 0.25) is 0 Å². The molecule has 0 bridgehead atoms. The number of aryl methyl sites for hydroxylation is 1. The molecule has 0 fully saturated rings. The van der Waals surface area contributed by atoms with Crippen LogP contribution >= 0.6 is 11.3 Å². The summed E-state index contributed by atoms with van der Waals surface area (Å²) >= 11 is 1.76. The lowest BCUT2D eigenvalue weighted by molar-refractivity contribution is 0.671. The maximum Gasteiger partial charge on any atom is 0.0933 e. The van der Waals surface area contributed by atoms with E-state index in [1.54, 1.807) is 11.3 Å². The zero-order valence-electron chi connectivity index (χ0n) is 10.1. The van der Waals surface area contributed by atoms with Gasteiger partial charge in [-0.1, -0.05) is 37.3 Å². The lowest BCUT2D eigenvalue weighted by atomic mass is 10.2. The van der Waals surface area contributed by atoms with Crippen LogP contribution in [-0.2, 0) is 6.42 Å². The van der Waals surface area contributed by atoms with Crippen LogP contribution in [0.15, 0.2) is 35.7 Å². The normalized spacial score (nSPS) is 10.6. The van der Waals surface area contributed by atoms with Crippen LogP contribution in [0.5, 0.6) is 0 Å². The molecule has 0 amide bonds. The van der Waals surface area contributed by atoms with Crippen LogP contribution in [0.25, 0.3) is 11.3 Å². The average molecular weight is 246 g/mol. The van der Waals surface area contributed by atoms with Crippen molar-refractivity contribution in [2.24, 2.45) is 0 Å². The first-order valence-electron chi connectivity index (χ1n) is 6.10. The lowest BCUT2D eigenvalue weighted by Crippen LogP contribution is -2.14. The molecule has 1 heterocycles. The Morgan fingerprint density at radius 2 is 2.06 bits per heavy atom. The van der Waals surface area contributed by atoms with E-state index >= 15 is 0 Å². The van der Waals surface area contributed by atoms with Crippen LogP contribution in [0.4, 0.5) is 0 Å². The molecule has 0 aliphatic heterocycles. The van der Waals surface area contributed by atoms with Gasteiger partial charge in [-0.05, 0) is 19.5 Å². The Kier molecular flexibility index (Phi) is 4.71. The van der Waals surface area contributed by atoms with Gasteiger partial charge in [0.1, 0.15) is 0 Å². The van der Waals surface area contributed by atoms with E-state index in [9.17, 15) is 0 Å². The Bertz CT molecular complexity index is 436.